The van der Waals surface area contributed by atoms with Crippen molar-refractivity contribution in [2.45, 2.75) is 193 Å². The minimum atomic E-state index is -0.530. The third-order valence-electron chi connectivity index (χ3n) is 8.22. The molecule has 0 rings (SSSR count). The van der Waals surface area contributed by atoms with Gasteiger partial charge in [-0.1, -0.05) is 166 Å². The van der Waals surface area contributed by atoms with Crippen LogP contribution in [0.15, 0.2) is 36.5 Å². The van der Waals surface area contributed by atoms with Gasteiger partial charge in [0, 0.05) is 13.0 Å². The Morgan fingerprint density at radius 2 is 0.955 bits per heavy atom. The van der Waals surface area contributed by atoms with Gasteiger partial charge in [-0.2, -0.15) is 0 Å². The van der Waals surface area contributed by atoms with Gasteiger partial charge in [0.05, 0.1) is 13.2 Å². The van der Waals surface area contributed by atoms with Crippen molar-refractivity contribution in [3.05, 3.63) is 36.5 Å². The minimum Gasteiger partial charge on any atom is -0.457 e. The smallest absolute Gasteiger partial charge is 0.306 e. The van der Waals surface area contributed by atoms with Crippen molar-refractivity contribution in [3.8, 4) is 0 Å². The number of rotatable bonds is 35. The molecule has 0 saturated heterocycles. The highest BCUT2D eigenvalue weighted by atomic mass is 16.6. The van der Waals surface area contributed by atoms with Gasteiger partial charge in [-0.05, 0) is 51.4 Å². The number of aliphatic hydroxyl groups excluding tert-OH is 1. The zero-order valence-electron chi connectivity index (χ0n) is 29.4. The predicted molar refractivity (Wildman–Crippen MR) is 191 cm³/mol. The summed E-state index contributed by atoms with van der Waals surface area (Å²) >= 11 is 0. The van der Waals surface area contributed by atoms with Crippen molar-refractivity contribution in [2.75, 3.05) is 19.8 Å². The molecule has 1 atom stereocenters. The summed E-state index contributed by atoms with van der Waals surface area (Å²) in [6.45, 7) is 5.31. The third-order valence-corrected chi connectivity index (χ3v) is 8.22. The van der Waals surface area contributed by atoms with Crippen LogP contribution in [0.5, 0.6) is 0 Å². The van der Waals surface area contributed by atoms with E-state index in [1.165, 1.54) is 135 Å². The summed E-state index contributed by atoms with van der Waals surface area (Å²) in [5, 5.41) is 9.50. The van der Waals surface area contributed by atoms with Crippen LogP contribution in [-0.4, -0.2) is 37.0 Å². The number of esters is 1. The van der Waals surface area contributed by atoms with Crippen molar-refractivity contribution in [1.82, 2.24) is 0 Å². The van der Waals surface area contributed by atoms with E-state index in [1.807, 2.05) is 0 Å². The summed E-state index contributed by atoms with van der Waals surface area (Å²) in [4.78, 5) is 12.1. The minimum absolute atomic E-state index is 0.172. The molecule has 0 radical (unpaired) electrons. The molecule has 0 fully saturated rings. The molecule has 0 heterocycles. The second-order valence-corrected chi connectivity index (χ2v) is 12.7. The largest absolute Gasteiger partial charge is 0.457 e. The van der Waals surface area contributed by atoms with Crippen LogP contribution in [0.25, 0.3) is 0 Å². The number of carbonyl (C=O) groups excluding carboxylic acids is 1. The highest BCUT2D eigenvalue weighted by Crippen LogP contribution is 2.13. The molecule has 0 aliphatic rings. The topological polar surface area (TPSA) is 55.8 Å². The zero-order valence-corrected chi connectivity index (χ0v) is 29.4. The van der Waals surface area contributed by atoms with Gasteiger partial charge in [-0.15, -0.1) is 0 Å². The van der Waals surface area contributed by atoms with E-state index < -0.39 is 6.10 Å². The Morgan fingerprint density at radius 3 is 1.43 bits per heavy atom. The highest BCUT2D eigenvalue weighted by Gasteiger charge is 2.13. The van der Waals surface area contributed by atoms with Gasteiger partial charge in [-0.3, -0.25) is 4.79 Å². The maximum atomic E-state index is 12.1. The second-order valence-electron chi connectivity index (χ2n) is 12.7. The zero-order chi connectivity index (χ0) is 32.0. The van der Waals surface area contributed by atoms with Gasteiger partial charge >= 0.3 is 5.97 Å². The number of carbonyl (C=O) groups is 1. The number of allylic oxidation sites excluding steroid dienone is 6. The molecule has 0 aliphatic heterocycles. The van der Waals surface area contributed by atoms with E-state index in [0.29, 0.717) is 19.6 Å². The van der Waals surface area contributed by atoms with Crippen LogP contribution in [-0.2, 0) is 14.3 Å². The highest BCUT2D eigenvalue weighted by molar-refractivity contribution is 5.69. The van der Waals surface area contributed by atoms with Crippen molar-refractivity contribution < 1.29 is 19.4 Å². The lowest BCUT2D eigenvalue weighted by Crippen LogP contribution is -2.27. The molecule has 1 N–H and O–H groups in total. The normalized spacial score (nSPS) is 12.7. The van der Waals surface area contributed by atoms with E-state index in [9.17, 15) is 9.90 Å². The van der Waals surface area contributed by atoms with Gasteiger partial charge in [0.15, 0.2) is 0 Å². The molecule has 4 nitrogen and oxygen atoms in total. The van der Waals surface area contributed by atoms with Gasteiger partial charge < -0.3 is 14.6 Å². The summed E-state index contributed by atoms with van der Waals surface area (Å²) in [7, 11) is 0. The van der Waals surface area contributed by atoms with E-state index in [0.717, 1.165) is 32.1 Å². The Bertz CT molecular complexity index is 654. The molecular weight excluding hydrogens is 544 g/mol. The van der Waals surface area contributed by atoms with E-state index in [1.54, 1.807) is 0 Å². The summed E-state index contributed by atoms with van der Waals surface area (Å²) in [5.74, 6) is -0.207. The molecule has 0 aromatic carbocycles. The van der Waals surface area contributed by atoms with E-state index >= 15 is 0 Å². The van der Waals surface area contributed by atoms with Gasteiger partial charge in [0.1, 0.15) is 6.10 Å². The number of hydrogen-bond acceptors (Lipinski definition) is 4. The molecule has 0 amide bonds. The molecule has 0 aliphatic carbocycles. The predicted octanol–water partition coefficient (Wildman–Crippen LogP) is 12.1. The van der Waals surface area contributed by atoms with Crippen LogP contribution < -0.4 is 0 Å². The van der Waals surface area contributed by atoms with Crippen molar-refractivity contribution in [3.63, 3.8) is 0 Å². The molecule has 44 heavy (non-hydrogen) atoms. The lowest BCUT2D eigenvalue weighted by Gasteiger charge is -2.15. The van der Waals surface area contributed by atoms with Crippen LogP contribution in [0.4, 0.5) is 0 Å². The standard InChI is InChI=1S/C40H74O4/c1-3-5-7-9-11-12-13-14-15-16-17-18-19-20-21-22-23-24-25-26-27-28-29-31-33-35-40(42)44-39(37-41)38-43-36-34-32-30-10-8-6-4-2/h13-14,16-17,19-20,39,41H,3-12,15,18,21-38H2,1-2H3/b14-13-,17-16-,20-19-. The molecule has 258 valence electrons. The lowest BCUT2D eigenvalue weighted by molar-refractivity contribution is -0.154. The average molecular weight is 619 g/mol. The first-order valence-electron chi connectivity index (χ1n) is 19.1. The number of aliphatic hydroxyl groups is 1. The first kappa shape index (κ1) is 42.6. The van der Waals surface area contributed by atoms with E-state index in [-0.39, 0.29) is 12.6 Å². The van der Waals surface area contributed by atoms with Crippen LogP contribution >= 0.6 is 0 Å². The van der Waals surface area contributed by atoms with Crippen LogP contribution in [0.2, 0.25) is 0 Å². The van der Waals surface area contributed by atoms with Crippen LogP contribution in [0.1, 0.15) is 187 Å². The second kappa shape index (κ2) is 37.8. The molecule has 1 unspecified atom stereocenters. The summed E-state index contributed by atoms with van der Waals surface area (Å²) < 4.78 is 11.0. The van der Waals surface area contributed by atoms with E-state index in [2.05, 4.69) is 50.3 Å². The van der Waals surface area contributed by atoms with Crippen molar-refractivity contribution in [2.24, 2.45) is 0 Å². The van der Waals surface area contributed by atoms with Crippen LogP contribution in [0, 0.1) is 0 Å². The fourth-order valence-electron chi connectivity index (χ4n) is 5.33. The fraction of sp³-hybridized carbons (Fsp3) is 0.825. The molecule has 4 heteroatoms. The first-order chi connectivity index (χ1) is 21.7. The molecule has 0 aromatic rings. The Kier molecular flexibility index (Phi) is 36.6. The SMILES string of the molecule is CCCCCCC/C=C\C/C=C\C/C=C\CCCCCCCCCCCCC(=O)OC(CO)COCCCCCCCCC. The van der Waals surface area contributed by atoms with Crippen molar-refractivity contribution >= 4 is 5.97 Å². The molecular formula is C40H74O4. The molecule has 0 saturated carbocycles. The maximum Gasteiger partial charge on any atom is 0.306 e. The summed E-state index contributed by atoms with van der Waals surface area (Å²) in [6, 6.07) is 0. The Labute approximate surface area is 274 Å². The van der Waals surface area contributed by atoms with Gasteiger partial charge in [0.25, 0.3) is 0 Å². The molecule has 0 spiro atoms. The Balaban J connectivity index is 3.42. The summed E-state index contributed by atoms with van der Waals surface area (Å²) in [5.41, 5.74) is 0. The Morgan fingerprint density at radius 1 is 0.545 bits per heavy atom. The van der Waals surface area contributed by atoms with E-state index in [4.69, 9.17) is 9.47 Å². The number of unbranched alkanes of at least 4 members (excludes halogenated alkanes) is 21. The van der Waals surface area contributed by atoms with Crippen molar-refractivity contribution in [1.29, 1.82) is 0 Å². The quantitative estimate of drug-likeness (QED) is 0.0436. The number of ether oxygens (including phenoxy) is 2. The molecule has 0 bridgehead atoms. The third kappa shape index (κ3) is 35.1. The number of hydrogen-bond donors (Lipinski definition) is 1. The average Bonchev–Trinajstić information content (AvgIpc) is 3.03. The first-order valence-corrected chi connectivity index (χ1v) is 19.1. The Hall–Kier alpha value is -1.39. The maximum absolute atomic E-state index is 12.1. The van der Waals surface area contributed by atoms with Gasteiger partial charge in [-0.25, -0.2) is 0 Å². The lowest BCUT2D eigenvalue weighted by atomic mass is 10.0. The van der Waals surface area contributed by atoms with Crippen LogP contribution in [0.3, 0.4) is 0 Å². The molecule has 0 aromatic heterocycles. The summed E-state index contributed by atoms with van der Waals surface area (Å²) in [6.07, 6.45) is 46.3. The van der Waals surface area contributed by atoms with Gasteiger partial charge in [0.2, 0.25) is 0 Å². The monoisotopic (exact) mass is 619 g/mol. The fourth-order valence-corrected chi connectivity index (χ4v) is 5.33.